The summed E-state index contributed by atoms with van der Waals surface area (Å²) in [6, 6.07) is 0. The average Bonchev–Trinajstić information content (AvgIpc) is 3.36. The van der Waals surface area contributed by atoms with E-state index in [2.05, 4.69) is 22.9 Å². The van der Waals surface area contributed by atoms with Gasteiger partial charge in [0.2, 0.25) is 0 Å². The molecule has 430 valence electrons. The Labute approximate surface area is 439 Å². The second kappa shape index (κ2) is 52.1. The SMILES string of the molecule is CCCCCCCCCCCCCCCCCCCCCCCC(=O)OCC(O)COP(=O)(O)OCC(O)COP(=O)(O)OCC(O)COC(=O)CCCCCCCCCCCCCCCCCCCCC. The molecule has 0 radical (unpaired) electrons. The van der Waals surface area contributed by atoms with Gasteiger partial charge in [-0.15, -0.1) is 0 Å². The van der Waals surface area contributed by atoms with Crippen molar-refractivity contribution in [3.8, 4) is 0 Å². The average molecular weight is 1070 g/mol. The lowest BCUT2D eigenvalue weighted by Crippen LogP contribution is -2.25. The van der Waals surface area contributed by atoms with Crippen molar-refractivity contribution in [1.82, 2.24) is 0 Å². The van der Waals surface area contributed by atoms with Crippen LogP contribution >= 0.6 is 15.6 Å². The van der Waals surface area contributed by atoms with E-state index in [0.717, 1.165) is 38.5 Å². The molecule has 5 N–H and O–H groups in total. The number of hydrogen-bond donors (Lipinski definition) is 5. The molecular weight excluding hydrogens is 963 g/mol. The number of carbonyl (C=O) groups excluding carboxylic acids is 2. The van der Waals surface area contributed by atoms with Gasteiger partial charge in [-0.05, 0) is 12.8 Å². The Balaban J connectivity index is 3.76. The molecule has 0 aliphatic carbocycles. The van der Waals surface area contributed by atoms with Gasteiger partial charge in [0.25, 0.3) is 0 Å². The number of aliphatic hydroxyl groups excluding tert-OH is 3. The molecular formula is C55H110O15P2. The number of phosphoric acid groups is 2. The van der Waals surface area contributed by atoms with E-state index in [1.165, 1.54) is 205 Å². The van der Waals surface area contributed by atoms with Crippen LogP contribution < -0.4 is 0 Å². The fourth-order valence-corrected chi connectivity index (χ4v) is 10.1. The summed E-state index contributed by atoms with van der Waals surface area (Å²) in [6.45, 7) is 0.520. The highest BCUT2D eigenvalue weighted by Crippen LogP contribution is 2.45. The minimum absolute atomic E-state index is 0.204. The first-order valence-corrected chi connectivity index (χ1v) is 32.4. The summed E-state index contributed by atoms with van der Waals surface area (Å²) in [5.41, 5.74) is 0. The third-order valence-electron chi connectivity index (χ3n) is 13.1. The van der Waals surface area contributed by atoms with Gasteiger partial charge in [0.05, 0.1) is 26.4 Å². The summed E-state index contributed by atoms with van der Waals surface area (Å²) < 4.78 is 53.3. The molecule has 15 nitrogen and oxygen atoms in total. The van der Waals surface area contributed by atoms with E-state index in [0.29, 0.717) is 12.8 Å². The fourth-order valence-electron chi connectivity index (χ4n) is 8.51. The molecule has 0 saturated heterocycles. The molecule has 0 rings (SSSR count). The van der Waals surface area contributed by atoms with E-state index >= 15 is 0 Å². The summed E-state index contributed by atoms with van der Waals surface area (Å²) in [5, 5.41) is 30.2. The van der Waals surface area contributed by atoms with Crippen LogP contribution in [-0.2, 0) is 46.3 Å². The largest absolute Gasteiger partial charge is 0.472 e. The minimum Gasteiger partial charge on any atom is -0.463 e. The molecule has 0 aromatic rings. The number of ether oxygens (including phenoxy) is 2. The number of hydrogen-bond acceptors (Lipinski definition) is 13. The van der Waals surface area contributed by atoms with Crippen LogP contribution in [-0.4, -0.2) is 95.0 Å². The smallest absolute Gasteiger partial charge is 0.463 e. The molecule has 5 unspecified atom stereocenters. The number of aliphatic hydroxyl groups is 3. The van der Waals surface area contributed by atoms with Crippen LogP contribution in [0.15, 0.2) is 0 Å². The van der Waals surface area contributed by atoms with Gasteiger partial charge in [0.1, 0.15) is 31.5 Å². The monoisotopic (exact) mass is 1070 g/mol. The van der Waals surface area contributed by atoms with Crippen molar-refractivity contribution < 1.29 is 71.4 Å². The maximum Gasteiger partial charge on any atom is 0.472 e. The molecule has 0 spiro atoms. The Morgan fingerprint density at radius 1 is 0.306 bits per heavy atom. The highest BCUT2D eigenvalue weighted by molar-refractivity contribution is 7.47. The van der Waals surface area contributed by atoms with Gasteiger partial charge >= 0.3 is 27.6 Å². The highest BCUT2D eigenvalue weighted by atomic mass is 31.2. The third-order valence-corrected chi connectivity index (χ3v) is 15.0. The van der Waals surface area contributed by atoms with Crippen molar-refractivity contribution in [3.63, 3.8) is 0 Å². The van der Waals surface area contributed by atoms with Crippen LogP contribution in [0.2, 0.25) is 0 Å². The van der Waals surface area contributed by atoms with E-state index in [1.807, 2.05) is 0 Å². The lowest BCUT2D eigenvalue weighted by Gasteiger charge is -2.19. The predicted molar refractivity (Wildman–Crippen MR) is 289 cm³/mol. The number of unbranched alkanes of at least 4 members (excludes halogenated alkanes) is 38. The Bertz CT molecular complexity index is 1290. The number of phosphoric ester groups is 2. The van der Waals surface area contributed by atoms with Crippen molar-refractivity contribution in [1.29, 1.82) is 0 Å². The topological polar surface area (TPSA) is 225 Å². The van der Waals surface area contributed by atoms with Crippen molar-refractivity contribution in [2.24, 2.45) is 0 Å². The van der Waals surface area contributed by atoms with Gasteiger partial charge in [-0.3, -0.25) is 27.7 Å². The molecule has 0 saturated carbocycles. The van der Waals surface area contributed by atoms with Gasteiger partial charge in [0, 0.05) is 12.8 Å². The van der Waals surface area contributed by atoms with E-state index in [1.54, 1.807) is 0 Å². The lowest BCUT2D eigenvalue weighted by atomic mass is 10.0. The molecule has 0 aromatic heterocycles. The zero-order valence-corrected chi connectivity index (χ0v) is 47.7. The Hall–Kier alpha value is -0.960. The quantitative estimate of drug-likeness (QED) is 0.0217. The van der Waals surface area contributed by atoms with E-state index in [9.17, 15) is 43.8 Å². The standard InChI is InChI=1S/C55H110O15P2/c1-3-5-7-9-11-13-15-17-19-21-23-24-26-28-30-32-34-36-38-40-42-44-55(60)66-46-52(57)48-68-72(63,64)70-50-53(58)49-69-71(61,62)67-47-51(56)45-65-54(59)43-41-39-37-35-33-31-29-27-25-22-20-18-16-14-12-10-8-6-4-2/h51-53,56-58H,3-50H2,1-2H3,(H,61,62)(H,63,64). The highest BCUT2D eigenvalue weighted by Gasteiger charge is 2.28. The Morgan fingerprint density at radius 2 is 0.472 bits per heavy atom. The van der Waals surface area contributed by atoms with Crippen LogP contribution in [0.4, 0.5) is 0 Å². The van der Waals surface area contributed by atoms with Gasteiger partial charge in [0.15, 0.2) is 0 Å². The molecule has 5 atom stereocenters. The minimum atomic E-state index is -4.78. The molecule has 0 aliphatic heterocycles. The fraction of sp³-hybridized carbons (Fsp3) is 0.964. The second-order valence-corrected chi connectivity index (χ2v) is 23.3. The first-order valence-electron chi connectivity index (χ1n) is 29.4. The lowest BCUT2D eigenvalue weighted by molar-refractivity contribution is -0.148. The van der Waals surface area contributed by atoms with Crippen LogP contribution in [0, 0.1) is 0 Å². The van der Waals surface area contributed by atoms with Crippen LogP contribution in [0.5, 0.6) is 0 Å². The summed E-state index contributed by atoms with van der Waals surface area (Å²) in [7, 11) is -9.57. The zero-order valence-electron chi connectivity index (χ0n) is 45.9. The van der Waals surface area contributed by atoms with Crippen molar-refractivity contribution >= 4 is 27.6 Å². The normalized spacial score (nSPS) is 14.7. The van der Waals surface area contributed by atoms with E-state index in [4.69, 9.17) is 18.5 Å². The Kier molecular flexibility index (Phi) is 51.4. The van der Waals surface area contributed by atoms with Crippen LogP contribution in [0.25, 0.3) is 0 Å². The maximum atomic E-state index is 12.2. The summed E-state index contributed by atoms with van der Waals surface area (Å²) in [5.74, 6) is -0.977. The van der Waals surface area contributed by atoms with Gasteiger partial charge in [-0.1, -0.05) is 258 Å². The molecule has 0 bridgehead atoms. The number of carbonyl (C=O) groups is 2. The summed E-state index contributed by atoms with van der Waals surface area (Å²) in [4.78, 5) is 44.0. The molecule has 17 heteroatoms. The third kappa shape index (κ3) is 53.9. The molecule has 0 amide bonds. The molecule has 0 fully saturated rings. The van der Waals surface area contributed by atoms with E-state index in [-0.39, 0.29) is 12.8 Å². The summed E-state index contributed by atoms with van der Waals surface area (Å²) >= 11 is 0. The zero-order chi connectivity index (χ0) is 53.1. The first kappa shape index (κ1) is 71.0. The number of esters is 2. The second-order valence-electron chi connectivity index (χ2n) is 20.4. The van der Waals surface area contributed by atoms with Gasteiger partial charge < -0.3 is 34.6 Å². The van der Waals surface area contributed by atoms with Gasteiger partial charge in [-0.25, -0.2) is 9.13 Å². The van der Waals surface area contributed by atoms with E-state index < -0.39 is 85.5 Å². The van der Waals surface area contributed by atoms with Crippen LogP contribution in [0.1, 0.15) is 284 Å². The van der Waals surface area contributed by atoms with Crippen molar-refractivity contribution in [2.75, 3.05) is 39.6 Å². The molecule has 0 aliphatic rings. The van der Waals surface area contributed by atoms with Crippen molar-refractivity contribution in [3.05, 3.63) is 0 Å². The summed E-state index contributed by atoms with van der Waals surface area (Å²) in [6.07, 6.45) is 46.6. The Morgan fingerprint density at radius 3 is 0.667 bits per heavy atom. The first-order chi connectivity index (χ1) is 34.8. The molecule has 0 aromatic carbocycles. The van der Waals surface area contributed by atoms with Crippen molar-refractivity contribution in [2.45, 2.75) is 302 Å². The number of rotatable bonds is 58. The molecule has 0 heterocycles. The van der Waals surface area contributed by atoms with Gasteiger partial charge in [-0.2, -0.15) is 0 Å². The van der Waals surface area contributed by atoms with Crippen LogP contribution in [0.3, 0.4) is 0 Å². The molecule has 72 heavy (non-hydrogen) atoms. The predicted octanol–water partition coefficient (Wildman–Crippen LogP) is 14.8. The maximum absolute atomic E-state index is 12.2.